The number of alkyl carbamates (subject to hydrolysis) is 1. The van der Waals surface area contributed by atoms with Gasteiger partial charge in [-0.15, -0.1) is 0 Å². The lowest BCUT2D eigenvalue weighted by Gasteiger charge is -2.46. The van der Waals surface area contributed by atoms with Crippen LogP contribution in [0.1, 0.15) is 53.4 Å². The number of amides is 1. The number of carbonyl (C=O) groups excluding carboxylic acids is 4. The molecule has 1 aliphatic carbocycles. The van der Waals surface area contributed by atoms with Gasteiger partial charge in [0.25, 0.3) is 0 Å². The smallest absolute Gasteiger partial charge is 0.407 e. The quantitative estimate of drug-likeness (QED) is 0.233. The third-order valence-corrected chi connectivity index (χ3v) is 6.19. The molecule has 1 fully saturated rings. The largest absolute Gasteiger partial charge is 0.462 e. The van der Waals surface area contributed by atoms with Gasteiger partial charge in [0.05, 0.1) is 0 Å². The first-order valence-electron chi connectivity index (χ1n) is 11.6. The highest BCUT2D eigenvalue weighted by Gasteiger charge is 2.41. The molecule has 0 saturated heterocycles. The Morgan fingerprint density at radius 1 is 0.829 bits per heavy atom. The summed E-state index contributed by atoms with van der Waals surface area (Å²) in [6, 6.07) is -0.0821. The van der Waals surface area contributed by atoms with Crippen LogP contribution in [0.2, 0.25) is 0 Å². The maximum Gasteiger partial charge on any atom is 0.407 e. The third kappa shape index (κ3) is 10.4. The predicted octanol–water partition coefficient (Wildman–Crippen LogP) is 3.88. The highest BCUT2D eigenvalue weighted by atomic mass is 16.6. The van der Waals surface area contributed by atoms with Crippen molar-refractivity contribution in [2.75, 3.05) is 26.4 Å². The fourth-order valence-corrected chi connectivity index (χ4v) is 4.53. The first-order chi connectivity index (χ1) is 16.3. The molecule has 0 aromatic carbocycles. The molecule has 0 spiro atoms. The van der Waals surface area contributed by atoms with Gasteiger partial charge in [-0.2, -0.15) is 0 Å². The molecule has 1 aliphatic rings. The lowest BCUT2D eigenvalue weighted by molar-refractivity contribution is -0.159. The van der Waals surface area contributed by atoms with Crippen molar-refractivity contribution in [3.05, 3.63) is 38.0 Å². The maximum atomic E-state index is 12.7. The number of esters is 3. The van der Waals surface area contributed by atoms with Crippen LogP contribution >= 0.6 is 0 Å². The van der Waals surface area contributed by atoms with Crippen molar-refractivity contribution in [2.45, 2.75) is 59.4 Å². The molecule has 0 aliphatic heterocycles. The summed E-state index contributed by atoms with van der Waals surface area (Å²) in [4.78, 5) is 47.8. The van der Waals surface area contributed by atoms with Gasteiger partial charge in [-0.05, 0) is 30.1 Å². The van der Waals surface area contributed by atoms with Crippen LogP contribution in [0.15, 0.2) is 38.0 Å². The van der Waals surface area contributed by atoms with Crippen molar-refractivity contribution in [1.29, 1.82) is 0 Å². The van der Waals surface area contributed by atoms with Crippen molar-refractivity contribution in [1.82, 2.24) is 5.32 Å². The molecule has 1 amide bonds. The monoisotopic (exact) mass is 493 g/mol. The summed E-state index contributed by atoms with van der Waals surface area (Å²) in [5.41, 5.74) is -1.21. The van der Waals surface area contributed by atoms with Crippen molar-refractivity contribution in [2.24, 2.45) is 16.2 Å². The summed E-state index contributed by atoms with van der Waals surface area (Å²) in [7, 11) is 0. The van der Waals surface area contributed by atoms with E-state index in [2.05, 4.69) is 52.7 Å². The Bertz CT molecular complexity index is 758. The summed E-state index contributed by atoms with van der Waals surface area (Å²) in [5, 5.41) is 2.93. The average molecular weight is 494 g/mol. The second-order valence-corrected chi connectivity index (χ2v) is 10.3. The normalized spacial score (nSPS) is 21.1. The molecule has 0 aromatic rings. The zero-order chi connectivity index (χ0) is 26.7. The van der Waals surface area contributed by atoms with Gasteiger partial charge in [0.1, 0.15) is 31.8 Å². The zero-order valence-corrected chi connectivity index (χ0v) is 21.4. The van der Waals surface area contributed by atoms with E-state index in [1.807, 2.05) is 0 Å². The molecule has 1 N–H and O–H groups in total. The van der Waals surface area contributed by atoms with E-state index < -0.39 is 29.4 Å². The highest BCUT2D eigenvalue weighted by molar-refractivity contribution is 5.82. The average Bonchev–Trinajstić information content (AvgIpc) is 2.80. The second kappa shape index (κ2) is 13.1. The number of hydrogen-bond acceptors (Lipinski definition) is 8. The van der Waals surface area contributed by atoms with Crippen LogP contribution in [0.5, 0.6) is 0 Å². The molecule has 0 radical (unpaired) electrons. The lowest BCUT2D eigenvalue weighted by atomic mass is 9.62. The number of ether oxygens (including phenoxy) is 4. The Morgan fingerprint density at radius 3 is 1.66 bits per heavy atom. The van der Waals surface area contributed by atoms with Gasteiger partial charge in [0.2, 0.25) is 0 Å². The molecule has 35 heavy (non-hydrogen) atoms. The molecule has 9 nitrogen and oxygen atoms in total. The van der Waals surface area contributed by atoms with Gasteiger partial charge in [-0.1, -0.05) is 53.9 Å². The van der Waals surface area contributed by atoms with Crippen LogP contribution in [0, 0.1) is 16.2 Å². The molecule has 196 valence electrons. The summed E-state index contributed by atoms with van der Waals surface area (Å²) in [5.74, 6) is -2.23. The van der Waals surface area contributed by atoms with E-state index in [1.165, 1.54) is 0 Å². The van der Waals surface area contributed by atoms with Gasteiger partial charge >= 0.3 is 24.0 Å². The molecule has 1 rings (SSSR count). The molecule has 0 bridgehead atoms. The van der Waals surface area contributed by atoms with Crippen molar-refractivity contribution < 1.29 is 38.1 Å². The molecule has 9 heteroatoms. The lowest BCUT2D eigenvalue weighted by Crippen LogP contribution is -2.48. The second-order valence-electron chi connectivity index (χ2n) is 10.3. The topological polar surface area (TPSA) is 117 Å². The summed E-state index contributed by atoms with van der Waals surface area (Å²) in [6.45, 7) is 17.3. The molecular weight excluding hydrogens is 454 g/mol. The Labute approximate surface area is 207 Å². The molecule has 2 atom stereocenters. The maximum absolute atomic E-state index is 12.7. The minimum Gasteiger partial charge on any atom is -0.462 e. The van der Waals surface area contributed by atoms with E-state index in [4.69, 9.17) is 18.9 Å². The van der Waals surface area contributed by atoms with Gasteiger partial charge in [-0.3, -0.25) is 0 Å². The SMILES string of the molecule is C=CC(=O)OCC(COC(=O)C=C)(COC(=O)C=C)COC(=O)NC1CC(C)(C)CC(C)(CC)C1. The van der Waals surface area contributed by atoms with E-state index in [1.54, 1.807) is 0 Å². The van der Waals surface area contributed by atoms with E-state index >= 15 is 0 Å². The zero-order valence-electron chi connectivity index (χ0n) is 21.4. The summed E-state index contributed by atoms with van der Waals surface area (Å²) >= 11 is 0. The van der Waals surface area contributed by atoms with E-state index in [9.17, 15) is 19.2 Å². The van der Waals surface area contributed by atoms with Crippen molar-refractivity contribution in [3.8, 4) is 0 Å². The molecule has 1 saturated carbocycles. The Balaban J connectivity index is 3.00. The van der Waals surface area contributed by atoms with Gasteiger partial charge in [-0.25, -0.2) is 19.2 Å². The number of nitrogens with one attached hydrogen (secondary N) is 1. The van der Waals surface area contributed by atoms with Crippen LogP contribution in [0.3, 0.4) is 0 Å². The van der Waals surface area contributed by atoms with Crippen molar-refractivity contribution in [3.63, 3.8) is 0 Å². The van der Waals surface area contributed by atoms with Gasteiger partial charge in [0.15, 0.2) is 0 Å². The van der Waals surface area contributed by atoms with Crippen molar-refractivity contribution >= 4 is 24.0 Å². The predicted molar refractivity (Wildman–Crippen MR) is 130 cm³/mol. The molecular formula is C26H39NO8. The fourth-order valence-electron chi connectivity index (χ4n) is 4.53. The Hall–Kier alpha value is -3.10. The van der Waals surface area contributed by atoms with Crippen LogP contribution < -0.4 is 5.32 Å². The van der Waals surface area contributed by atoms with Gasteiger partial charge < -0.3 is 24.3 Å². The van der Waals surface area contributed by atoms with Crippen LogP contribution in [0.25, 0.3) is 0 Å². The number of hydrogen-bond donors (Lipinski definition) is 1. The van der Waals surface area contributed by atoms with Gasteiger partial charge in [0, 0.05) is 24.3 Å². The van der Waals surface area contributed by atoms with Crippen LogP contribution in [-0.4, -0.2) is 56.5 Å². The first kappa shape index (κ1) is 29.9. The number of rotatable bonds is 13. The van der Waals surface area contributed by atoms with Crippen LogP contribution in [0.4, 0.5) is 4.79 Å². The third-order valence-electron chi connectivity index (χ3n) is 6.19. The summed E-state index contributed by atoms with van der Waals surface area (Å²) < 4.78 is 20.9. The summed E-state index contributed by atoms with van der Waals surface area (Å²) in [6.07, 6.45) is 5.87. The van der Waals surface area contributed by atoms with E-state index in [0.29, 0.717) is 0 Å². The Morgan fingerprint density at radius 2 is 1.26 bits per heavy atom. The minimum atomic E-state index is -1.36. The van der Waals surface area contributed by atoms with E-state index in [0.717, 1.165) is 43.9 Å². The number of carbonyl (C=O) groups is 4. The van der Waals surface area contributed by atoms with E-state index in [-0.39, 0.29) is 43.3 Å². The standard InChI is InChI=1S/C26H39NO8/c1-8-20(28)32-15-26(16-33-21(29)9-2,17-34-22(30)10-3)18-35-23(31)27-19-12-24(5,6)14-25(7,11-4)13-19/h8-10,19H,1-3,11-18H2,4-7H3,(H,27,31). The van der Waals surface area contributed by atoms with Crippen LogP contribution in [-0.2, 0) is 33.3 Å². The fraction of sp³-hybridized carbons (Fsp3) is 0.615. The highest BCUT2D eigenvalue weighted by Crippen LogP contribution is 2.47. The molecule has 2 unspecified atom stereocenters. The minimum absolute atomic E-state index is 0.0569. The Kier molecular flexibility index (Phi) is 11.2. The first-order valence-corrected chi connectivity index (χ1v) is 11.6. The molecule has 0 aromatic heterocycles. The molecule has 0 heterocycles.